The summed E-state index contributed by atoms with van der Waals surface area (Å²) in [6, 6.07) is 0. The molecule has 1 amide bonds. The molecule has 0 aromatic heterocycles. The highest BCUT2D eigenvalue weighted by Gasteiger charge is 2.40. The number of halogens is 3. The fourth-order valence-corrected chi connectivity index (χ4v) is 2.31. The standard InChI is InChI=1S/C10H14BrF2NO3/c11-5-7(15)8(17-9(14)16)6-1-3-10(12,13)4-2-6/h6,8H,1-5H2,(H2,14,16). The van der Waals surface area contributed by atoms with Crippen LogP contribution in [0.25, 0.3) is 0 Å². The summed E-state index contributed by atoms with van der Waals surface area (Å²) in [7, 11) is 0. The van der Waals surface area contributed by atoms with Crippen molar-refractivity contribution in [1.82, 2.24) is 0 Å². The molecule has 0 saturated heterocycles. The molecule has 0 bridgehead atoms. The van der Waals surface area contributed by atoms with Crippen LogP contribution in [0, 0.1) is 5.92 Å². The number of amides is 1. The molecule has 2 N–H and O–H groups in total. The van der Waals surface area contributed by atoms with E-state index in [2.05, 4.69) is 15.9 Å². The molecule has 0 spiro atoms. The number of carbonyl (C=O) groups excluding carboxylic acids is 2. The molecular weight excluding hydrogens is 300 g/mol. The molecule has 1 aliphatic carbocycles. The molecule has 1 rings (SSSR count). The van der Waals surface area contributed by atoms with Crippen LogP contribution in [-0.2, 0) is 9.53 Å². The van der Waals surface area contributed by atoms with E-state index in [1.807, 2.05) is 0 Å². The second kappa shape index (κ2) is 5.75. The Morgan fingerprint density at radius 1 is 1.41 bits per heavy atom. The highest BCUT2D eigenvalue weighted by molar-refractivity contribution is 9.09. The van der Waals surface area contributed by atoms with Gasteiger partial charge in [0.2, 0.25) is 5.92 Å². The van der Waals surface area contributed by atoms with Crippen LogP contribution in [0.2, 0.25) is 0 Å². The van der Waals surface area contributed by atoms with Crippen LogP contribution >= 0.6 is 15.9 Å². The molecule has 0 aliphatic heterocycles. The number of nitrogens with two attached hydrogens (primary N) is 1. The lowest BCUT2D eigenvalue weighted by atomic mass is 9.82. The summed E-state index contributed by atoms with van der Waals surface area (Å²) in [6.07, 6.45) is -2.32. The average Bonchev–Trinajstić information content (AvgIpc) is 2.25. The summed E-state index contributed by atoms with van der Waals surface area (Å²) in [5.41, 5.74) is 4.87. The van der Waals surface area contributed by atoms with Gasteiger partial charge in [-0.1, -0.05) is 15.9 Å². The zero-order chi connectivity index (χ0) is 13.1. The summed E-state index contributed by atoms with van der Waals surface area (Å²) in [4.78, 5) is 22.2. The van der Waals surface area contributed by atoms with Crippen molar-refractivity contribution in [2.45, 2.75) is 37.7 Å². The molecule has 17 heavy (non-hydrogen) atoms. The third kappa shape index (κ3) is 4.22. The van der Waals surface area contributed by atoms with Gasteiger partial charge >= 0.3 is 6.09 Å². The Bertz CT molecular complexity index is 302. The smallest absolute Gasteiger partial charge is 0.405 e. The quantitative estimate of drug-likeness (QED) is 0.809. The molecule has 0 aromatic carbocycles. The number of primary amides is 1. The van der Waals surface area contributed by atoms with E-state index in [9.17, 15) is 18.4 Å². The van der Waals surface area contributed by atoms with Crippen LogP contribution in [0.4, 0.5) is 13.6 Å². The SMILES string of the molecule is NC(=O)OC(C(=O)CBr)C1CCC(F)(F)CC1. The number of hydrogen-bond acceptors (Lipinski definition) is 3. The molecule has 98 valence electrons. The molecule has 0 radical (unpaired) electrons. The number of rotatable bonds is 4. The van der Waals surface area contributed by atoms with E-state index in [1.54, 1.807) is 0 Å². The van der Waals surface area contributed by atoms with Gasteiger partial charge in [-0.05, 0) is 12.8 Å². The van der Waals surface area contributed by atoms with Crippen molar-refractivity contribution < 1.29 is 23.1 Å². The van der Waals surface area contributed by atoms with Gasteiger partial charge < -0.3 is 10.5 Å². The Morgan fingerprint density at radius 3 is 2.35 bits per heavy atom. The van der Waals surface area contributed by atoms with Gasteiger partial charge in [-0.25, -0.2) is 13.6 Å². The van der Waals surface area contributed by atoms with E-state index in [4.69, 9.17) is 10.5 Å². The molecule has 1 aliphatic rings. The number of alkyl halides is 3. The van der Waals surface area contributed by atoms with Gasteiger partial charge in [0, 0.05) is 18.8 Å². The lowest BCUT2D eigenvalue weighted by molar-refractivity contribution is -0.130. The summed E-state index contributed by atoms with van der Waals surface area (Å²) in [6.45, 7) is 0. The van der Waals surface area contributed by atoms with E-state index >= 15 is 0 Å². The minimum atomic E-state index is -2.68. The van der Waals surface area contributed by atoms with E-state index in [-0.39, 0.29) is 42.7 Å². The predicted octanol–water partition coefficient (Wildman–Crippen LogP) is 2.24. The lowest BCUT2D eigenvalue weighted by Gasteiger charge is -2.32. The molecule has 7 heteroatoms. The zero-order valence-electron chi connectivity index (χ0n) is 9.13. The number of hydrogen-bond donors (Lipinski definition) is 1. The predicted molar refractivity (Wildman–Crippen MR) is 60.2 cm³/mol. The largest absolute Gasteiger partial charge is 0.438 e. The molecule has 1 fully saturated rings. The normalized spacial score (nSPS) is 21.8. The first-order valence-electron chi connectivity index (χ1n) is 5.28. The molecule has 4 nitrogen and oxygen atoms in total. The number of ether oxygens (including phenoxy) is 1. The highest BCUT2D eigenvalue weighted by Crippen LogP contribution is 2.38. The molecular formula is C10H14BrF2NO3. The minimum absolute atomic E-state index is 0.0117. The van der Waals surface area contributed by atoms with Crippen molar-refractivity contribution in [3.8, 4) is 0 Å². The van der Waals surface area contributed by atoms with Gasteiger partial charge in [-0.2, -0.15) is 0 Å². The Hall–Kier alpha value is -0.720. The number of carbonyl (C=O) groups is 2. The first-order chi connectivity index (χ1) is 7.85. The van der Waals surface area contributed by atoms with E-state index in [0.717, 1.165) is 0 Å². The summed E-state index contributed by atoms with van der Waals surface area (Å²) < 4.78 is 30.6. The first-order valence-corrected chi connectivity index (χ1v) is 6.40. The van der Waals surface area contributed by atoms with E-state index < -0.39 is 18.1 Å². The Morgan fingerprint density at radius 2 is 1.94 bits per heavy atom. The monoisotopic (exact) mass is 313 g/mol. The van der Waals surface area contributed by atoms with Crippen LogP contribution < -0.4 is 5.73 Å². The van der Waals surface area contributed by atoms with Crippen LogP contribution in [-0.4, -0.2) is 29.2 Å². The Balaban J connectivity index is 2.65. The summed E-state index contributed by atoms with van der Waals surface area (Å²) in [5, 5.41) is 0.0117. The van der Waals surface area contributed by atoms with Gasteiger partial charge in [-0.3, -0.25) is 4.79 Å². The summed E-state index contributed by atoms with van der Waals surface area (Å²) in [5.74, 6) is -3.39. The molecule has 1 atom stereocenters. The van der Waals surface area contributed by atoms with Crippen LogP contribution in [0.15, 0.2) is 0 Å². The maximum atomic E-state index is 13.0. The van der Waals surface area contributed by atoms with E-state index in [1.165, 1.54) is 0 Å². The van der Waals surface area contributed by atoms with Crippen LogP contribution in [0.5, 0.6) is 0 Å². The summed E-state index contributed by atoms with van der Waals surface area (Å²) >= 11 is 2.96. The lowest BCUT2D eigenvalue weighted by Crippen LogP contribution is -2.40. The van der Waals surface area contributed by atoms with Crippen molar-refractivity contribution in [3.63, 3.8) is 0 Å². The van der Waals surface area contributed by atoms with Gasteiger partial charge in [0.1, 0.15) is 0 Å². The number of Topliss-reactive ketones (excluding diaryl/α,β-unsaturated/α-hetero) is 1. The molecule has 0 aromatic rings. The van der Waals surface area contributed by atoms with Crippen LogP contribution in [0.3, 0.4) is 0 Å². The van der Waals surface area contributed by atoms with Gasteiger partial charge in [0.25, 0.3) is 0 Å². The third-order valence-corrected chi connectivity index (χ3v) is 3.43. The first kappa shape index (κ1) is 14.3. The second-order valence-electron chi connectivity index (χ2n) is 4.15. The highest BCUT2D eigenvalue weighted by atomic mass is 79.9. The molecule has 0 heterocycles. The van der Waals surface area contributed by atoms with Crippen molar-refractivity contribution in [1.29, 1.82) is 0 Å². The topological polar surface area (TPSA) is 69.4 Å². The van der Waals surface area contributed by atoms with Gasteiger partial charge in [0.15, 0.2) is 11.9 Å². The maximum Gasteiger partial charge on any atom is 0.405 e. The van der Waals surface area contributed by atoms with Crippen molar-refractivity contribution in [3.05, 3.63) is 0 Å². The minimum Gasteiger partial charge on any atom is -0.438 e. The molecule has 1 unspecified atom stereocenters. The number of ketones is 1. The third-order valence-electron chi connectivity index (χ3n) is 2.88. The Kier molecular flexibility index (Phi) is 4.85. The van der Waals surface area contributed by atoms with E-state index in [0.29, 0.717) is 0 Å². The molecule has 1 saturated carbocycles. The maximum absolute atomic E-state index is 13.0. The van der Waals surface area contributed by atoms with Gasteiger partial charge in [-0.15, -0.1) is 0 Å². The Labute approximate surface area is 106 Å². The second-order valence-corrected chi connectivity index (χ2v) is 4.71. The fraction of sp³-hybridized carbons (Fsp3) is 0.800. The van der Waals surface area contributed by atoms with Crippen LogP contribution in [0.1, 0.15) is 25.7 Å². The van der Waals surface area contributed by atoms with Gasteiger partial charge in [0.05, 0.1) is 5.33 Å². The van der Waals surface area contributed by atoms with Crippen molar-refractivity contribution in [2.75, 3.05) is 5.33 Å². The fourth-order valence-electron chi connectivity index (χ4n) is 1.99. The zero-order valence-corrected chi connectivity index (χ0v) is 10.7. The average molecular weight is 314 g/mol. The van der Waals surface area contributed by atoms with Crippen molar-refractivity contribution in [2.24, 2.45) is 11.7 Å². The van der Waals surface area contributed by atoms with Crippen molar-refractivity contribution >= 4 is 27.8 Å².